The lowest BCUT2D eigenvalue weighted by molar-refractivity contribution is 0.159. The molecule has 1 saturated carbocycles. The van der Waals surface area contributed by atoms with Crippen molar-refractivity contribution in [3.8, 4) is 0 Å². The molecule has 0 heterocycles. The summed E-state index contributed by atoms with van der Waals surface area (Å²) in [6.45, 7) is 9.37. The van der Waals surface area contributed by atoms with Crippen LogP contribution in [0.25, 0.3) is 0 Å². The molecule has 1 fully saturated rings. The highest BCUT2D eigenvalue weighted by Crippen LogP contribution is 2.37. The molecule has 0 saturated heterocycles. The average molecular weight is 211 g/mol. The predicted molar refractivity (Wildman–Crippen MR) is 68.1 cm³/mol. The van der Waals surface area contributed by atoms with E-state index in [4.69, 9.17) is 0 Å². The second kappa shape index (κ2) is 7.27. The third-order valence-corrected chi connectivity index (χ3v) is 4.25. The van der Waals surface area contributed by atoms with Gasteiger partial charge in [0, 0.05) is 0 Å². The fourth-order valence-corrected chi connectivity index (χ4v) is 3.21. The molecule has 3 unspecified atom stereocenters. The maximum Gasteiger partial charge on any atom is -0.00464 e. The standard InChI is InChI=1S/C14H29N/c1-4-13-8-6-7-9-14(13)12(3)10-11-15-5-2/h12-15H,4-11H2,1-3H3. The molecule has 0 aliphatic heterocycles. The summed E-state index contributed by atoms with van der Waals surface area (Å²) in [5.74, 6) is 2.96. The Balaban J connectivity index is 2.31. The van der Waals surface area contributed by atoms with Gasteiger partial charge in [0.2, 0.25) is 0 Å². The molecule has 0 aromatic rings. The zero-order chi connectivity index (χ0) is 11.1. The van der Waals surface area contributed by atoms with Crippen molar-refractivity contribution in [3.63, 3.8) is 0 Å². The first-order chi connectivity index (χ1) is 7.29. The van der Waals surface area contributed by atoms with Crippen LogP contribution in [0.5, 0.6) is 0 Å². The molecular formula is C14H29N. The van der Waals surface area contributed by atoms with Crippen molar-refractivity contribution >= 4 is 0 Å². The van der Waals surface area contributed by atoms with Crippen molar-refractivity contribution in [2.45, 2.75) is 59.3 Å². The first-order valence-corrected chi connectivity index (χ1v) is 7.00. The van der Waals surface area contributed by atoms with Crippen LogP contribution in [0.2, 0.25) is 0 Å². The first kappa shape index (κ1) is 13.0. The smallest absolute Gasteiger partial charge is 0.00464 e. The fraction of sp³-hybridized carbons (Fsp3) is 1.00. The molecule has 1 aliphatic rings. The van der Waals surface area contributed by atoms with Crippen LogP contribution in [0.15, 0.2) is 0 Å². The van der Waals surface area contributed by atoms with Crippen molar-refractivity contribution in [3.05, 3.63) is 0 Å². The molecule has 1 rings (SSSR count). The number of rotatable bonds is 6. The molecule has 90 valence electrons. The predicted octanol–water partition coefficient (Wildman–Crippen LogP) is 3.84. The number of hydrogen-bond donors (Lipinski definition) is 1. The van der Waals surface area contributed by atoms with E-state index >= 15 is 0 Å². The van der Waals surface area contributed by atoms with E-state index in [1.807, 2.05) is 0 Å². The molecule has 0 aromatic heterocycles. The second-order valence-electron chi connectivity index (χ2n) is 5.24. The summed E-state index contributed by atoms with van der Waals surface area (Å²) in [7, 11) is 0. The minimum atomic E-state index is 0.925. The van der Waals surface area contributed by atoms with Crippen molar-refractivity contribution in [1.29, 1.82) is 0 Å². The normalized spacial score (nSPS) is 29.0. The van der Waals surface area contributed by atoms with Gasteiger partial charge in [-0.15, -0.1) is 0 Å². The Bertz CT molecular complexity index is 155. The molecule has 0 radical (unpaired) electrons. The molecule has 15 heavy (non-hydrogen) atoms. The van der Waals surface area contributed by atoms with Crippen LogP contribution in [0.3, 0.4) is 0 Å². The van der Waals surface area contributed by atoms with Gasteiger partial charge in [-0.25, -0.2) is 0 Å². The Hall–Kier alpha value is -0.0400. The summed E-state index contributed by atoms with van der Waals surface area (Å²) in [5, 5.41) is 3.45. The molecule has 3 atom stereocenters. The van der Waals surface area contributed by atoms with Gasteiger partial charge in [0.15, 0.2) is 0 Å². The van der Waals surface area contributed by atoms with E-state index in [1.54, 1.807) is 0 Å². The molecule has 0 amide bonds. The Kier molecular flexibility index (Phi) is 6.31. The second-order valence-corrected chi connectivity index (χ2v) is 5.24. The topological polar surface area (TPSA) is 12.0 Å². The summed E-state index contributed by atoms with van der Waals surface area (Å²) < 4.78 is 0. The van der Waals surface area contributed by atoms with Gasteiger partial charge in [0.1, 0.15) is 0 Å². The highest BCUT2D eigenvalue weighted by Gasteiger charge is 2.27. The SMILES string of the molecule is CCNCCC(C)C1CCCCC1CC. The van der Waals surface area contributed by atoms with Gasteiger partial charge in [0.05, 0.1) is 0 Å². The molecule has 0 aromatic carbocycles. The third-order valence-electron chi connectivity index (χ3n) is 4.25. The molecule has 1 aliphatic carbocycles. The maximum absolute atomic E-state index is 3.45. The summed E-state index contributed by atoms with van der Waals surface area (Å²) in [5.41, 5.74) is 0. The molecule has 0 bridgehead atoms. The van der Waals surface area contributed by atoms with Crippen molar-refractivity contribution < 1.29 is 0 Å². The van der Waals surface area contributed by atoms with Gasteiger partial charge < -0.3 is 5.32 Å². The van der Waals surface area contributed by atoms with E-state index in [-0.39, 0.29) is 0 Å². The average Bonchev–Trinajstić information content (AvgIpc) is 2.29. The fourth-order valence-electron chi connectivity index (χ4n) is 3.21. The van der Waals surface area contributed by atoms with E-state index in [9.17, 15) is 0 Å². The van der Waals surface area contributed by atoms with Crippen LogP contribution < -0.4 is 5.32 Å². The number of nitrogens with one attached hydrogen (secondary N) is 1. The van der Waals surface area contributed by atoms with Gasteiger partial charge >= 0.3 is 0 Å². The first-order valence-electron chi connectivity index (χ1n) is 7.00. The summed E-state index contributed by atoms with van der Waals surface area (Å²) in [6, 6.07) is 0. The summed E-state index contributed by atoms with van der Waals surface area (Å²) in [6.07, 6.45) is 8.71. The van der Waals surface area contributed by atoms with E-state index < -0.39 is 0 Å². The van der Waals surface area contributed by atoms with Crippen LogP contribution in [-0.4, -0.2) is 13.1 Å². The zero-order valence-electron chi connectivity index (χ0n) is 10.9. The molecule has 1 heteroatoms. The Morgan fingerprint density at radius 3 is 2.60 bits per heavy atom. The van der Waals surface area contributed by atoms with Gasteiger partial charge in [-0.1, -0.05) is 46.5 Å². The van der Waals surface area contributed by atoms with Gasteiger partial charge in [-0.3, -0.25) is 0 Å². The van der Waals surface area contributed by atoms with Gasteiger partial charge in [-0.2, -0.15) is 0 Å². The minimum Gasteiger partial charge on any atom is -0.317 e. The van der Waals surface area contributed by atoms with Crippen LogP contribution >= 0.6 is 0 Å². The highest BCUT2D eigenvalue weighted by molar-refractivity contribution is 4.78. The summed E-state index contributed by atoms with van der Waals surface area (Å²) >= 11 is 0. The molecule has 1 nitrogen and oxygen atoms in total. The largest absolute Gasteiger partial charge is 0.317 e. The van der Waals surface area contributed by atoms with Crippen LogP contribution in [-0.2, 0) is 0 Å². The summed E-state index contributed by atoms with van der Waals surface area (Å²) in [4.78, 5) is 0. The zero-order valence-corrected chi connectivity index (χ0v) is 10.9. The van der Waals surface area contributed by atoms with Crippen LogP contribution in [0.4, 0.5) is 0 Å². The lowest BCUT2D eigenvalue weighted by atomic mass is 9.71. The Morgan fingerprint density at radius 2 is 1.93 bits per heavy atom. The third kappa shape index (κ3) is 4.14. The Morgan fingerprint density at radius 1 is 1.20 bits per heavy atom. The van der Waals surface area contributed by atoms with E-state index in [1.165, 1.54) is 45.1 Å². The van der Waals surface area contributed by atoms with Crippen molar-refractivity contribution in [2.75, 3.05) is 13.1 Å². The molecule has 0 spiro atoms. The number of hydrogen-bond acceptors (Lipinski definition) is 1. The van der Waals surface area contributed by atoms with Gasteiger partial charge in [-0.05, 0) is 43.7 Å². The monoisotopic (exact) mass is 211 g/mol. The van der Waals surface area contributed by atoms with Crippen molar-refractivity contribution in [1.82, 2.24) is 5.32 Å². The quantitative estimate of drug-likeness (QED) is 0.658. The Labute approximate surface area is 96.0 Å². The van der Waals surface area contributed by atoms with E-state index in [2.05, 4.69) is 26.1 Å². The van der Waals surface area contributed by atoms with Gasteiger partial charge in [0.25, 0.3) is 0 Å². The van der Waals surface area contributed by atoms with E-state index in [0.29, 0.717) is 0 Å². The molecule has 1 N–H and O–H groups in total. The maximum atomic E-state index is 3.45. The van der Waals surface area contributed by atoms with Crippen LogP contribution in [0.1, 0.15) is 59.3 Å². The van der Waals surface area contributed by atoms with Crippen molar-refractivity contribution in [2.24, 2.45) is 17.8 Å². The molecular weight excluding hydrogens is 182 g/mol. The lowest BCUT2D eigenvalue weighted by Crippen LogP contribution is -2.27. The minimum absolute atomic E-state index is 0.925. The van der Waals surface area contributed by atoms with E-state index in [0.717, 1.165) is 24.3 Å². The van der Waals surface area contributed by atoms with Crippen LogP contribution in [0, 0.1) is 17.8 Å². The highest BCUT2D eigenvalue weighted by atomic mass is 14.8. The lowest BCUT2D eigenvalue weighted by Gasteiger charge is -2.35.